The van der Waals surface area contributed by atoms with Crippen LogP contribution in [0.15, 0.2) is 24.4 Å². The molecule has 1 aromatic heterocycles. The lowest BCUT2D eigenvalue weighted by Crippen LogP contribution is -2.40. The lowest BCUT2D eigenvalue weighted by Gasteiger charge is -2.29. The molecule has 2 aromatic rings. The quantitative estimate of drug-likeness (QED) is 0.892. The number of carbonyl (C=O) groups is 1. The molecule has 8 heteroatoms. The van der Waals surface area contributed by atoms with Gasteiger partial charge in [0.1, 0.15) is 5.75 Å². The number of benzene rings is 1. The normalized spacial score (nSPS) is 16.5. The highest BCUT2D eigenvalue weighted by Crippen LogP contribution is 2.38. The van der Waals surface area contributed by atoms with Crippen LogP contribution in [0.5, 0.6) is 5.75 Å². The van der Waals surface area contributed by atoms with Crippen LogP contribution in [0.3, 0.4) is 0 Å². The lowest BCUT2D eigenvalue weighted by molar-refractivity contribution is -0.121. The molecule has 3 N–H and O–H groups in total. The van der Waals surface area contributed by atoms with Crippen LogP contribution in [0.2, 0.25) is 0 Å². The Bertz CT molecular complexity index is 809. The summed E-state index contributed by atoms with van der Waals surface area (Å²) in [6, 6.07) is 5.39. The fraction of sp³-hybridized carbons (Fsp3) is 0.312. The number of halogens is 1. The number of carbonyl (C=O) groups excluding carboxylic acids is 1. The van der Waals surface area contributed by atoms with Gasteiger partial charge in [-0.15, -0.1) is 0 Å². The molecule has 4 rings (SSSR count). The average molecular weight is 329 g/mol. The predicted molar refractivity (Wildman–Crippen MR) is 86.7 cm³/mol. The first kappa shape index (κ1) is 14.7. The van der Waals surface area contributed by atoms with Gasteiger partial charge in [-0.2, -0.15) is 4.98 Å². The van der Waals surface area contributed by atoms with Gasteiger partial charge in [0.25, 0.3) is 5.91 Å². The number of hydrogen-bond donors (Lipinski definition) is 2. The van der Waals surface area contributed by atoms with Crippen LogP contribution < -0.4 is 20.7 Å². The number of ether oxygens (including phenoxy) is 1. The van der Waals surface area contributed by atoms with Crippen molar-refractivity contribution in [3.63, 3.8) is 0 Å². The topological polar surface area (TPSA) is 93.4 Å². The minimum absolute atomic E-state index is 0.0234. The summed E-state index contributed by atoms with van der Waals surface area (Å²) in [6.45, 7) is 0.767. The van der Waals surface area contributed by atoms with Crippen molar-refractivity contribution in [1.29, 1.82) is 0 Å². The fourth-order valence-electron chi connectivity index (χ4n) is 2.61. The van der Waals surface area contributed by atoms with E-state index in [0.29, 0.717) is 17.4 Å². The van der Waals surface area contributed by atoms with Crippen LogP contribution >= 0.6 is 0 Å². The number of hydrogen-bond acceptors (Lipinski definition) is 6. The van der Waals surface area contributed by atoms with Crippen molar-refractivity contribution < 1.29 is 13.9 Å². The van der Waals surface area contributed by atoms with E-state index in [2.05, 4.69) is 15.3 Å². The molecule has 1 fully saturated rings. The summed E-state index contributed by atoms with van der Waals surface area (Å²) >= 11 is 0. The van der Waals surface area contributed by atoms with E-state index in [1.165, 1.54) is 12.8 Å². The maximum absolute atomic E-state index is 13.1. The summed E-state index contributed by atoms with van der Waals surface area (Å²) in [5.41, 5.74) is 6.87. The Labute approximate surface area is 137 Å². The molecule has 2 heterocycles. The smallest absolute Gasteiger partial charge is 0.265 e. The molecule has 1 aromatic carbocycles. The van der Waals surface area contributed by atoms with Gasteiger partial charge in [-0.05, 0) is 30.9 Å². The van der Waals surface area contributed by atoms with Crippen molar-refractivity contribution in [1.82, 2.24) is 9.97 Å². The Morgan fingerprint density at radius 3 is 3.00 bits per heavy atom. The molecule has 24 heavy (non-hydrogen) atoms. The maximum Gasteiger partial charge on any atom is 0.265 e. The monoisotopic (exact) mass is 329 g/mol. The summed E-state index contributed by atoms with van der Waals surface area (Å²) in [7, 11) is 0. The lowest BCUT2D eigenvalue weighted by atomic mass is 10.2. The second-order valence-corrected chi connectivity index (χ2v) is 5.97. The van der Waals surface area contributed by atoms with E-state index in [-0.39, 0.29) is 24.3 Å². The Morgan fingerprint density at radius 2 is 2.25 bits per heavy atom. The van der Waals surface area contributed by atoms with Gasteiger partial charge in [0.2, 0.25) is 5.95 Å². The molecule has 0 bridgehead atoms. The van der Waals surface area contributed by atoms with Gasteiger partial charge in [-0.1, -0.05) is 0 Å². The van der Waals surface area contributed by atoms with Gasteiger partial charge in [-0.3, -0.25) is 4.79 Å². The highest BCUT2D eigenvalue weighted by Gasteiger charge is 2.31. The Morgan fingerprint density at radius 1 is 1.42 bits per heavy atom. The van der Waals surface area contributed by atoms with Crippen LogP contribution in [0.25, 0.3) is 0 Å². The Kier molecular flexibility index (Phi) is 3.44. The number of aromatic nitrogens is 2. The van der Waals surface area contributed by atoms with Gasteiger partial charge in [0.15, 0.2) is 18.2 Å². The first-order valence-corrected chi connectivity index (χ1v) is 7.72. The van der Waals surface area contributed by atoms with Gasteiger partial charge in [0.05, 0.1) is 11.9 Å². The number of nitrogen functional groups attached to an aromatic ring is 1. The highest BCUT2D eigenvalue weighted by atomic mass is 19.1. The summed E-state index contributed by atoms with van der Waals surface area (Å²) in [5, 5.41) is 2.95. The average Bonchev–Trinajstić information content (AvgIpc) is 3.38. The van der Waals surface area contributed by atoms with Crippen molar-refractivity contribution in [3.8, 4) is 5.75 Å². The molecular formula is C16H16FN5O2. The van der Waals surface area contributed by atoms with Gasteiger partial charge >= 0.3 is 0 Å². The molecule has 2 aliphatic rings. The van der Waals surface area contributed by atoms with E-state index < -0.39 is 5.82 Å². The molecule has 1 aliphatic heterocycles. The van der Waals surface area contributed by atoms with Gasteiger partial charge in [0, 0.05) is 18.3 Å². The summed E-state index contributed by atoms with van der Waals surface area (Å²) in [4.78, 5) is 21.5. The Balaban J connectivity index is 1.58. The van der Waals surface area contributed by atoms with Gasteiger partial charge < -0.3 is 20.7 Å². The van der Waals surface area contributed by atoms with E-state index in [1.54, 1.807) is 17.0 Å². The maximum atomic E-state index is 13.1. The zero-order valence-electron chi connectivity index (χ0n) is 12.8. The first-order chi connectivity index (χ1) is 11.6. The van der Waals surface area contributed by atoms with Crippen molar-refractivity contribution in [3.05, 3.63) is 30.2 Å². The number of nitrogens with two attached hydrogens (primary N) is 1. The SMILES string of the molecule is Nc1nc(Nc2ccc3c(c2)OCC(=O)N3CC2CC2)ncc1F. The summed E-state index contributed by atoms with van der Waals surface area (Å²) in [5.74, 6) is 0.496. The number of nitrogens with one attached hydrogen (secondary N) is 1. The molecule has 0 saturated heterocycles. The molecule has 0 unspecified atom stereocenters. The van der Waals surface area contributed by atoms with E-state index >= 15 is 0 Å². The standard InChI is InChI=1S/C16H16FN5O2/c17-11-6-19-16(21-15(11)18)20-10-3-4-12-13(5-10)24-8-14(23)22(12)7-9-1-2-9/h3-6,9H,1-2,7-8H2,(H3,18,19,20,21). The van der Waals surface area contributed by atoms with Crippen molar-refractivity contribution in [2.75, 3.05) is 29.1 Å². The minimum atomic E-state index is -0.663. The van der Waals surface area contributed by atoms with E-state index in [9.17, 15) is 9.18 Å². The minimum Gasteiger partial charge on any atom is -0.481 e. The molecule has 0 radical (unpaired) electrons. The summed E-state index contributed by atoms with van der Waals surface area (Å²) < 4.78 is 18.6. The van der Waals surface area contributed by atoms with Gasteiger partial charge in [-0.25, -0.2) is 9.37 Å². The second-order valence-electron chi connectivity index (χ2n) is 5.97. The molecule has 7 nitrogen and oxygen atoms in total. The van der Waals surface area contributed by atoms with Crippen LogP contribution in [-0.4, -0.2) is 29.0 Å². The highest BCUT2D eigenvalue weighted by molar-refractivity contribution is 5.98. The number of nitrogens with zero attached hydrogens (tertiary/aromatic N) is 3. The zero-order chi connectivity index (χ0) is 16.7. The van der Waals surface area contributed by atoms with Crippen LogP contribution in [0.1, 0.15) is 12.8 Å². The molecular weight excluding hydrogens is 313 g/mol. The second kappa shape index (κ2) is 5.63. The van der Waals surface area contributed by atoms with Crippen LogP contribution in [0.4, 0.5) is 27.5 Å². The third-order valence-electron chi connectivity index (χ3n) is 4.07. The first-order valence-electron chi connectivity index (χ1n) is 7.72. The van der Waals surface area contributed by atoms with Crippen molar-refractivity contribution in [2.45, 2.75) is 12.8 Å². The zero-order valence-corrected chi connectivity index (χ0v) is 12.8. The summed E-state index contributed by atoms with van der Waals surface area (Å²) in [6.07, 6.45) is 3.35. The van der Waals surface area contributed by atoms with Crippen molar-refractivity contribution >= 4 is 29.0 Å². The van der Waals surface area contributed by atoms with E-state index in [1.807, 2.05) is 6.07 Å². The van der Waals surface area contributed by atoms with Crippen LogP contribution in [-0.2, 0) is 4.79 Å². The third-order valence-corrected chi connectivity index (χ3v) is 4.07. The van der Waals surface area contributed by atoms with Crippen LogP contribution in [0, 0.1) is 11.7 Å². The molecule has 1 saturated carbocycles. The van der Waals surface area contributed by atoms with E-state index in [0.717, 1.165) is 18.4 Å². The Hall–Kier alpha value is -2.90. The molecule has 1 amide bonds. The molecule has 124 valence electrons. The van der Waals surface area contributed by atoms with Crippen molar-refractivity contribution in [2.24, 2.45) is 5.92 Å². The molecule has 1 aliphatic carbocycles. The third kappa shape index (κ3) is 2.82. The predicted octanol–water partition coefficient (Wildman–Crippen LogP) is 2.08. The molecule has 0 spiro atoms. The molecule has 0 atom stereocenters. The number of fused-ring (bicyclic) bond motifs is 1. The number of amides is 1. The number of anilines is 4. The largest absolute Gasteiger partial charge is 0.481 e. The number of rotatable bonds is 4. The van der Waals surface area contributed by atoms with E-state index in [4.69, 9.17) is 10.5 Å². The fourth-order valence-corrected chi connectivity index (χ4v) is 2.61.